The molecule has 4 aromatic rings. The summed E-state index contributed by atoms with van der Waals surface area (Å²) < 4.78 is 5.27. The lowest BCUT2D eigenvalue weighted by molar-refractivity contribution is -0.133. The fraction of sp³-hybridized carbons (Fsp3) is 0.400. The molecule has 0 spiro atoms. The lowest BCUT2D eigenvalue weighted by Gasteiger charge is -2.34. The highest BCUT2D eigenvalue weighted by Crippen LogP contribution is 2.24. The Labute approximate surface area is 203 Å². The van der Waals surface area contributed by atoms with Crippen molar-refractivity contribution in [1.82, 2.24) is 34.9 Å². The van der Waals surface area contributed by atoms with Crippen molar-refractivity contribution in [3.05, 3.63) is 47.9 Å². The number of aromatic nitrogens is 5. The Morgan fingerprint density at radius 2 is 2.00 bits per heavy atom. The number of piperazine rings is 1. The molecular weight excluding hydrogens is 444 g/mol. The van der Waals surface area contributed by atoms with Gasteiger partial charge in [-0.25, -0.2) is 9.97 Å². The van der Waals surface area contributed by atoms with Crippen LogP contribution in [0, 0.1) is 6.92 Å². The Morgan fingerprint density at radius 1 is 1.14 bits per heavy atom. The van der Waals surface area contributed by atoms with Crippen LogP contribution >= 0.6 is 0 Å². The first-order chi connectivity index (χ1) is 17.1. The quantitative estimate of drug-likeness (QED) is 0.395. The van der Waals surface area contributed by atoms with Crippen LogP contribution in [0.25, 0.3) is 22.5 Å². The number of H-pyrrole nitrogens is 1. The van der Waals surface area contributed by atoms with Crippen molar-refractivity contribution in [2.24, 2.45) is 0 Å². The number of anilines is 2. The van der Waals surface area contributed by atoms with Crippen molar-refractivity contribution < 1.29 is 9.32 Å². The van der Waals surface area contributed by atoms with Gasteiger partial charge in [0.25, 0.3) is 5.89 Å². The number of fused-ring (bicyclic) bond motifs is 1. The Hall–Kier alpha value is -3.79. The van der Waals surface area contributed by atoms with E-state index in [0.717, 1.165) is 68.0 Å². The number of imidazole rings is 1. The summed E-state index contributed by atoms with van der Waals surface area (Å²) >= 11 is 0. The number of nitrogens with zero attached hydrogens (tertiary/aromatic N) is 6. The second-order valence-corrected chi connectivity index (χ2v) is 8.90. The van der Waals surface area contributed by atoms with E-state index in [-0.39, 0.29) is 5.91 Å². The van der Waals surface area contributed by atoms with Gasteiger partial charge in [-0.2, -0.15) is 4.98 Å². The predicted octanol–water partition coefficient (Wildman–Crippen LogP) is 3.89. The summed E-state index contributed by atoms with van der Waals surface area (Å²) in [6.45, 7) is 8.09. The van der Waals surface area contributed by atoms with E-state index < -0.39 is 0 Å². The molecule has 182 valence electrons. The van der Waals surface area contributed by atoms with Crippen molar-refractivity contribution in [1.29, 1.82) is 0 Å². The van der Waals surface area contributed by atoms with Crippen LogP contribution in [0.1, 0.15) is 37.6 Å². The molecule has 1 aromatic carbocycles. The van der Waals surface area contributed by atoms with Crippen molar-refractivity contribution >= 4 is 28.7 Å². The molecule has 0 bridgehead atoms. The van der Waals surface area contributed by atoms with Gasteiger partial charge in [0.05, 0.1) is 11.0 Å². The van der Waals surface area contributed by atoms with Gasteiger partial charge in [-0.15, -0.1) is 0 Å². The molecule has 2 N–H and O–H groups in total. The summed E-state index contributed by atoms with van der Waals surface area (Å²) in [5.74, 6) is 2.70. The summed E-state index contributed by atoms with van der Waals surface area (Å²) in [7, 11) is 0. The van der Waals surface area contributed by atoms with Gasteiger partial charge >= 0.3 is 0 Å². The van der Waals surface area contributed by atoms with Crippen LogP contribution in [0.4, 0.5) is 11.8 Å². The van der Waals surface area contributed by atoms with Crippen molar-refractivity contribution in [2.45, 2.75) is 39.7 Å². The summed E-state index contributed by atoms with van der Waals surface area (Å²) in [5, 5.41) is 7.13. The molecule has 0 atom stereocenters. The van der Waals surface area contributed by atoms with E-state index in [1.165, 1.54) is 5.56 Å². The van der Waals surface area contributed by atoms with Crippen LogP contribution in [-0.4, -0.2) is 67.0 Å². The molecule has 1 saturated heterocycles. The van der Waals surface area contributed by atoms with Gasteiger partial charge in [-0.1, -0.05) is 18.5 Å². The summed E-state index contributed by atoms with van der Waals surface area (Å²) in [5.41, 5.74) is 3.69. The van der Waals surface area contributed by atoms with Crippen LogP contribution in [-0.2, 0) is 11.3 Å². The molecule has 0 saturated carbocycles. The van der Waals surface area contributed by atoms with Gasteiger partial charge in [0.15, 0.2) is 5.82 Å². The molecule has 4 heterocycles. The lowest BCUT2D eigenvalue weighted by Crippen LogP contribution is -2.48. The van der Waals surface area contributed by atoms with E-state index in [1.54, 1.807) is 13.1 Å². The van der Waals surface area contributed by atoms with E-state index in [9.17, 15) is 4.79 Å². The molecule has 0 aliphatic carbocycles. The minimum Gasteiger partial charge on any atom is -0.340 e. The van der Waals surface area contributed by atoms with E-state index >= 15 is 0 Å². The molecule has 10 heteroatoms. The van der Waals surface area contributed by atoms with Crippen LogP contribution in [0.3, 0.4) is 0 Å². The van der Waals surface area contributed by atoms with Crippen molar-refractivity contribution in [3.8, 4) is 11.5 Å². The zero-order chi connectivity index (χ0) is 24.2. The lowest BCUT2D eigenvalue weighted by atomic mass is 10.2. The number of pyridine rings is 1. The van der Waals surface area contributed by atoms with Gasteiger partial charge in [0.1, 0.15) is 5.82 Å². The number of carbonyl (C=O) groups excluding carboxylic acids is 1. The molecule has 3 aromatic heterocycles. The number of hydrogen-bond donors (Lipinski definition) is 2. The third kappa shape index (κ3) is 5.48. The Balaban J connectivity index is 1.21. The summed E-state index contributed by atoms with van der Waals surface area (Å²) in [6, 6.07) is 9.84. The average molecular weight is 475 g/mol. The number of nitrogens with one attached hydrogen (secondary N) is 2. The largest absolute Gasteiger partial charge is 0.340 e. The van der Waals surface area contributed by atoms with Gasteiger partial charge in [-0.05, 0) is 49.2 Å². The fourth-order valence-electron chi connectivity index (χ4n) is 4.28. The minimum absolute atomic E-state index is 0.284. The number of aryl methyl sites for hydroxylation is 1. The predicted molar refractivity (Wildman–Crippen MR) is 133 cm³/mol. The second kappa shape index (κ2) is 10.2. The number of benzene rings is 1. The van der Waals surface area contributed by atoms with Gasteiger partial charge < -0.3 is 19.7 Å². The highest BCUT2D eigenvalue weighted by atomic mass is 16.5. The Morgan fingerprint density at radius 3 is 2.77 bits per heavy atom. The third-order valence-corrected chi connectivity index (χ3v) is 6.20. The van der Waals surface area contributed by atoms with E-state index in [2.05, 4.69) is 42.2 Å². The minimum atomic E-state index is 0.284. The Bertz CT molecular complexity index is 1310. The summed E-state index contributed by atoms with van der Waals surface area (Å²) in [6.07, 6.45) is 4.49. The standard InChI is InChI=1S/C25H30N8O2/c1-3-4-5-23(34)33-12-10-32(11-13-33)16-18-8-9-26-22(14-18)30-25-28-20-7-6-19(15-21(20)29-25)24-27-17(2)31-35-24/h6-9,14-15H,3-5,10-13,16H2,1-2H3,(H2,26,28,29,30). The highest BCUT2D eigenvalue weighted by molar-refractivity contribution is 5.82. The molecule has 0 unspecified atom stereocenters. The summed E-state index contributed by atoms with van der Waals surface area (Å²) in [4.78, 5) is 33.3. The SMILES string of the molecule is CCCCC(=O)N1CCN(Cc2ccnc(Nc3nc4ccc(-c5nc(C)no5)cc4[nH]3)c2)CC1. The molecular formula is C25H30N8O2. The Kier molecular flexibility index (Phi) is 6.71. The van der Waals surface area contributed by atoms with Gasteiger partial charge in [0.2, 0.25) is 11.9 Å². The number of rotatable bonds is 8. The number of hydrogen-bond acceptors (Lipinski definition) is 8. The molecule has 1 amide bonds. The molecule has 0 radical (unpaired) electrons. The zero-order valence-electron chi connectivity index (χ0n) is 20.1. The maximum absolute atomic E-state index is 12.3. The van der Waals surface area contributed by atoms with Crippen molar-refractivity contribution in [3.63, 3.8) is 0 Å². The van der Waals surface area contributed by atoms with Gasteiger partial charge in [-0.3, -0.25) is 9.69 Å². The monoisotopic (exact) mass is 474 g/mol. The first-order valence-corrected chi connectivity index (χ1v) is 12.1. The number of unbranched alkanes of at least 4 members (excludes halogenated alkanes) is 1. The number of aromatic amines is 1. The first kappa shape index (κ1) is 23.0. The molecule has 1 aliphatic heterocycles. The van der Waals surface area contributed by atoms with Crippen LogP contribution in [0.15, 0.2) is 41.1 Å². The molecule has 10 nitrogen and oxygen atoms in total. The van der Waals surface area contributed by atoms with E-state index in [4.69, 9.17) is 4.52 Å². The molecule has 35 heavy (non-hydrogen) atoms. The zero-order valence-corrected chi connectivity index (χ0v) is 20.1. The first-order valence-electron chi connectivity index (χ1n) is 12.1. The average Bonchev–Trinajstić information content (AvgIpc) is 3.48. The van der Waals surface area contributed by atoms with Crippen molar-refractivity contribution in [2.75, 3.05) is 31.5 Å². The molecule has 1 fully saturated rings. The van der Waals surface area contributed by atoms with Gasteiger partial charge in [0, 0.05) is 50.9 Å². The maximum Gasteiger partial charge on any atom is 0.257 e. The number of carbonyl (C=O) groups is 1. The van der Waals surface area contributed by atoms with Crippen LogP contribution in [0.5, 0.6) is 0 Å². The normalized spacial score (nSPS) is 14.5. The highest BCUT2D eigenvalue weighted by Gasteiger charge is 2.20. The molecule has 1 aliphatic rings. The van der Waals surface area contributed by atoms with E-state index in [0.29, 0.717) is 24.1 Å². The molecule has 5 rings (SSSR count). The number of amides is 1. The van der Waals surface area contributed by atoms with E-state index in [1.807, 2.05) is 35.2 Å². The van der Waals surface area contributed by atoms with Crippen LogP contribution in [0.2, 0.25) is 0 Å². The second-order valence-electron chi connectivity index (χ2n) is 8.90. The third-order valence-electron chi connectivity index (χ3n) is 6.20. The topological polar surface area (TPSA) is 116 Å². The van der Waals surface area contributed by atoms with Crippen LogP contribution < -0.4 is 5.32 Å². The smallest absolute Gasteiger partial charge is 0.257 e. The fourth-order valence-corrected chi connectivity index (χ4v) is 4.28. The maximum atomic E-state index is 12.3.